The predicted molar refractivity (Wildman–Crippen MR) is 121 cm³/mol. The first-order valence-electron chi connectivity index (χ1n) is 10.0. The second kappa shape index (κ2) is 9.71. The summed E-state index contributed by atoms with van der Waals surface area (Å²) in [6, 6.07) is 7.75. The smallest absolute Gasteiger partial charge is 0.290 e. The Morgan fingerprint density at radius 1 is 1.16 bits per heavy atom. The van der Waals surface area contributed by atoms with Crippen molar-refractivity contribution in [2.24, 2.45) is 0 Å². The Bertz CT molecular complexity index is 1000. The van der Waals surface area contributed by atoms with Crippen LogP contribution in [0.1, 0.15) is 27.7 Å². The van der Waals surface area contributed by atoms with Gasteiger partial charge in [0.15, 0.2) is 5.76 Å². The Morgan fingerprint density at radius 2 is 1.94 bits per heavy atom. The van der Waals surface area contributed by atoms with Gasteiger partial charge < -0.3 is 14.7 Å². The number of ketones is 1. The van der Waals surface area contributed by atoms with Gasteiger partial charge in [0.1, 0.15) is 0 Å². The second-order valence-corrected chi connectivity index (χ2v) is 9.21. The zero-order valence-electron chi connectivity index (χ0n) is 16.7. The SMILES string of the molecule is O=C(C1=C(O)C(=O)N(CCCN2CCOCC2)[C@H]1c1ccc(Cl)c(Cl)c1)c1cccs1. The number of aliphatic hydroxyl groups is 1. The number of aliphatic hydroxyl groups excluding tert-OH is 1. The molecule has 1 aromatic heterocycles. The van der Waals surface area contributed by atoms with E-state index in [1.165, 1.54) is 11.3 Å². The highest BCUT2D eigenvalue weighted by Gasteiger charge is 2.43. The molecule has 164 valence electrons. The number of thiophene rings is 1. The van der Waals surface area contributed by atoms with E-state index in [4.69, 9.17) is 27.9 Å². The lowest BCUT2D eigenvalue weighted by molar-refractivity contribution is -0.129. The van der Waals surface area contributed by atoms with Gasteiger partial charge >= 0.3 is 0 Å². The van der Waals surface area contributed by atoms with Gasteiger partial charge in [0.25, 0.3) is 5.91 Å². The number of Topliss-reactive ketones (excluding diaryl/α,β-unsaturated/α-hetero) is 1. The van der Waals surface area contributed by atoms with Gasteiger partial charge in [-0.2, -0.15) is 0 Å². The molecule has 2 aliphatic heterocycles. The van der Waals surface area contributed by atoms with E-state index in [1.54, 1.807) is 40.6 Å². The zero-order chi connectivity index (χ0) is 22.0. The van der Waals surface area contributed by atoms with Gasteiger partial charge in [-0.3, -0.25) is 14.5 Å². The quantitative estimate of drug-likeness (QED) is 0.596. The molecule has 31 heavy (non-hydrogen) atoms. The summed E-state index contributed by atoms with van der Waals surface area (Å²) in [4.78, 5) is 30.5. The van der Waals surface area contributed by atoms with E-state index in [0.717, 1.165) is 19.6 Å². The lowest BCUT2D eigenvalue weighted by Crippen LogP contribution is -2.39. The van der Waals surface area contributed by atoms with Crippen LogP contribution in [0.25, 0.3) is 0 Å². The number of ether oxygens (including phenoxy) is 1. The number of nitrogens with zero attached hydrogens (tertiary/aromatic N) is 2. The molecule has 6 nitrogen and oxygen atoms in total. The van der Waals surface area contributed by atoms with E-state index in [9.17, 15) is 14.7 Å². The molecule has 9 heteroatoms. The third-order valence-corrected chi connectivity index (χ3v) is 7.14. The van der Waals surface area contributed by atoms with Crippen LogP contribution in [0.3, 0.4) is 0 Å². The van der Waals surface area contributed by atoms with Crippen molar-refractivity contribution >= 4 is 46.2 Å². The Labute approximate surface area is 194 Å². The van der Waals surface area contributed by atoms with Gasteiger partial charge in [-0.15, -0.1) is 11.3 Å². The summed E-state index contributed by atoms with van der Waals surface area (Å²) in [5.74, 6) is -1.40. The number of benzene rings is 1. The normalized spacial score (nSPS) is 20.0. The van der Waals surface area contributed by atoms with Crippen LogP contribution in [0.4, 0.5) is 0 Å². The highest BCUT2D eigenvalue weighted by Crippen LogP contribution is 2.41. The largest absolute Gasteiger partial charge is 0.503 e. The molecule has 0 saturated carbocycles. The van der Waals surface area contributed by atoms with Gasteiger partial charge in [0.05, 0.1) is 39.8 Å². The number of hydrogen-bond acceptors (Lipinski definition) is 6. The third kappa shape index (κ3) is 4.66. The predicted octanol–water partition coefficient (Wildman–Crippen LogP) is 4.36. The monoisotopic (exact) mass is 480 g/mol. The van der Waals surface area contributed by atoms with E-state index >= 15 is 0 Å². The molecule has 1 N–H and O–H groups in total. The highest BCUT2D eigenvalue weighted by molar-refractivity contribution is 7.12. The average Bonchev–Trinajstić information content (AvgIpc) is 3.39. The van der Waals surface area contributed by atoms with Gasteiger partial charge in [-0.25, -0.2) is 0 Å². The Balaban J connectivity index is 1.62. The van der Waals surface area contributed by atoms with E-state index < -0.39 is 17.7 Å². The molecule has 0 aliphatic carbocycles. The molecular weight excluding hydrogens is 459 g/mol. The molecular formula is C22H22Cl2N2O4S. The minimum atomic E-state index is -0.721. The number of rotatable bonds is 7. The van der Waals surface area contributed by atoms with E-state index in [2.05, 4.69) is 4.90 Å². The van der Waals surface area contributed by atoms with Crippen molar-refractivity contribution in [1.82, 2.24) is 9.80 Å². The van der Waals surface area contributed by atoms with Crippen molar-refractivity contribution in [3.8, 4) is 0 Å². The first-order chi connectivity index (χ1) is 15.0. The van der Waals surface area contributed by atoms with Crippen LogP contribution in [-0.4, -0.2) is 66.0 Å². The summed E-state index contributed by atoms with van der Waals surface area (Å²) in [7, 11) is 0. The topological polar surface area (TPSA) is 70.1 Å². The molecule has 3 heterocycles. The fourth-order valence-electron chi connectivity index (χ4n) is 3.98. The molecule has 1 atom stereocenters. The molecule has 0 radical (unpaired) electrons. The van der Waals surface area contributed by atoms with Crippen molar-refractivity contribution in [3.05, 3.63) is 67.5 Å². The lowest BCUT2D eigenvalue weighted by Gasteiger charge is -2.30. The minimum absolute atomic E-state index is 0.0808. The molecule has 4 rings (SSSR count). The molecule has 2 aromatic rings. The van der Waals surface area contributed by atoms with Crippen LogP contribution in [0.2, 0.25) is 10.0 Å². The maximum absolute atomic E-state index is 13.2. The molecule has 1 amide bonds. The number of carbonyl (C=O) groups excluding carboxylic acids is 2. The maximum atomic E-state index is 13.2. The standard InChI is InChI=1S/C22H22Cl2N2O4S/c23-15-5-4-14(13-16(15)24)19-18(20(27)17-3-1-12-31-17)21(28)22(29)26(19)7-2-6-25-8-10-30-11-9-25/h1,3-5,12-13,19,28H,2,6-11H2/t19-/m0/s1. The molecule has 0 unspecified atom stereocenters. The molecule has 0 spiro atoms. The molecule has 1 aromatic carbocycles. The van der Waals surface area contributed by atoms with Gasteiger partial charge in [0.2, 0.25) is 5.78 Å². The summed E-state index contributed by atoms with van der Waals surface area (Å²) in [5.41, 5.74) is 0.718. The Hall–Kier alpha value is -1.90. The Morgan fingerprint density at radius 3 is 2.61 bits per heavy atom. The van der Waals surface area contributed by atoms with Crippen LogP contribution in [0.15, 0.2) is 47.0 Å². The van der Waals surface area contributed by atoms with Crippen molar-refractivity contribution in [2.75, 3.05) is 39.4 Å². The zero-order valence-corrected chi connectivity index (χ0v) is 19.1. The number of hydrogen-bond donors (Lipinski definition) is 1. The fraction of sp³-hybridized carbons (Fsp3) is 0.364. The summed E-state index contributed by atoms with van der Waals surface area (Å²) < 4.78 is 5.38. The molecule has 2 aliphatic rings. The first kappa shape index (κ1) is 22.3. The number of amides is 1. The number of morpholine rings is 1. The van der Waals surface area contributed by atoms with Gasteiger partial charge in [0, 0.05) is 26.2 Å². The minimum Gasteiger partial charge on any atom is -0.503 e. The fourth-order valence-corrected chi connectivity index (χ4v) is 4.96. The van der Waals surface area contributed by atoms with Crippen LogP contribution in [0, 0.1) is 0 Å². The molecule has 0 bridgehead atoms. The van der Waals surface area contributed by atoms with Crippen LogP contribution >= 0.6 is 34.5 Å². The van der Waals surface area contributed by atoms with E-state index in [1.807, 2.05) is 0 Å². The number of carbonyl (C=O) groups is 2. The molecule has 1 fully saturated rings. The van der Waals surface area contributed by atoms with E-state index in [0.29, 0.717) is 46.7 Å². The Kier molecular flexibility index (Phi) is 6.99. The third-order valence-electron chi connectivity index (χ3n) is 5.53. The summed E-state index contributed by atoms with van der Waals surface area (Å²) in [5, 5.41) is 13.2. The average molecular weight is 481 g/mol. The number of halogens is 2. The van der Waals surface area contributed by atoms with Crippen LogP contribution in [0.5, 0.6) is 0 Å². The van der Waals surface area contributed by atoms with Crippen molar-refractivity contribution < 1.29 is 19.4 Å². The van der Waals surface area contributed by atoms with Gasteiger partial charge in [-0.05, 0) is 35.6 Å². The first-order valence-corrected chi connectivity index (χ1v) is 11.7. The van der Waals surface area contributed by atoms with Crippen molar-refractivity contribution in [3.63, 3.8) is 0 Å². The second-order valence-electron chi connectivity index (χ2n) is 7.45. The van der Waals surface area contributed by atoms with Crippen LogP contribution in [-0.2, 0) is 9.53 Å². The molecule has 1 saturated heterocycles. The summed E-state index contributed by atoms with van der Waals surface area (Å²) >= 11 is 13.6. The van der Waals surface area contributed by atoms with E-state index in [-0.39, 0.29) is 11.4 Å². The van der Waals surface area contributed by atoms with Crippen LogP contribution < -0.4 is 0 Å². The summed E-state index contributed by atoms with van der Waals surface area (Å²) in [6.45, 7) is 4.32. The lowest BCUT2D eigenvalue weighted by atomic mass is 9.95. The van der Waals surface area contributed by atoms with Crippen molar-refractivity contribution in [1.29, 1.82) is 0 Å². The van der Waals surface area contributed by atoms with Gasteiger partial charge in [-0.1, -0.05) is 35.3 Å². The van der Waals surface area contributed by atoms with Crippen molar-refractivity contribution in [2.45, 2.75) is 12.5 Å². The maximum Gasteiger partial charge on any atom is 0.290 e. The highest BCUT2D eigenvalue weighted by atomic mass is 35.5. The summed E-state index contributed by atoms with van der Waals surface area (Å²) in [6.07, 6.45) is 0.706.